The van der Waals surface area contributed by atoms with Crippen LogP contribution in [0.4, 0.5) is 0 Å². The van der Waals surface area contributed by atoms with E-state index in [9.17, 15) is 9.59 Å². The molecule has 1 aromatic rings. The SMILES string of the molecule is C[C@@H]1C[C@H]1C(=O)NCCC(=O)NCC1(c2ccc(Cl)cc2Cl)CCOCC1. The Kier molecular flexibility index (Phi) is 6.66. The zero-order chi connectivity index (χ0) is 19.4. The first-order valence-corrected chi connectivity index (χ1v) is 10.2. The van der Waals surface area contributed by atoms with Gasteiger partial charge in [0.15, 0.2) is 0 Å². The van der Waals surface area contributed by atoms with Gasteiger partial charge in [-0.1, -0.05) is 36.2 Å². The summed E-state index contributed by atoms with van der Waals surface area (Å²) in [7, 11) is 0. The van der Waals surface area contributed by atoms with Crippen LogP contribution in [-0.2, 0) is 19.7 Å². The van der Waals surface area contributed by atoms with Gasteiger partial charge in [0.1, 0.15) is 0 Å². The number of hydrogen-bond donors (Lipinski definition) is 2. The minimum Gasteiger partial charge on any atom is -0.381 e. The average molecular weight is 413 g/mol. The fourth-order valence-corrected chi connectivity index (χ4v) is 4.31. The number of rotatable bonds is 7. The lowest BCUT2D eigenvalue weighted by Crippen LogP contribution is -2.45. The Labute approximate surface area is 170 Å². The number of hydrogen-bond acceptors (Lipinski definition) is 3. The number of nitrogens with one attached hydrogen (secondary N) is 2. The van der Waals surface area contributed by atoms with Crippen molar-refractivity contribution in [1.29, 1.82) is 0 Å². The van der Waals surface area contributed by atoms with Crippen LogP contribution in [0.2, 0.25) is 10.0 Å². The minimum absolute atomic E-state index is 0.0594. The predicted octanol–water partition coefficient (Wildman–Crippen LogP) is 3.32. The molecule has 5 nitrogen and oxygen atoms in total. The quantitative estimate of drug-likeness (QED) is 0.721. The third-order valence-electron chi connectivity index (χ3n) is 5.67. The molecule has 0 aromatic heterocycles. The minimum atomic E-state index is -0.262. The number of carbonyl (C=O) groups excluding carboxylic acids is 2. The molecule has 2 aliphatic rings. The predicted molar refractivity (Wildman–Crippen MR) is 106 cm³/mol. The fourth-order valence-electron chi connectivity index (χ4n) is 3.70. The zero-order valence-electron chi connectivity index (χ0n) is 15.5. The molecule has 2 atom stereocenters. The van der Waals surface area contributed by atoms with Crippen LogP contribution in [0.5, 0.6) is 0 Å². The standard InChI is InChI=1S/C20H26Cl2N2O3/c1-13-10-15(13)19(26)23-7-4-18(25)24-12-20(5-8-27-9-6-20)16-3-2-14(21)11-17(16)22/h2-3,11,13,15H,4-10,12H2,1H3,(H,23,26)(H,24,25)/t13-,15-/m1/s1. The molecule has 0 bridgehead atoms. The second-order valence-corrected chi connectivity index (χ2v) is 8.50. The lowest BCUT2D eigenvalue weighted by atomic mass is 9.74. The lowest BCUT2D eigenvalue weighted by molar-refractivity contribution is -0.123. The molecule has 148 valence electrons. The van der Waals surface area contributed by atoms with E-state index in [0.29, 0.717) is 42.3 Å². The summed E-state index contributed by atoms with van der Waals surface area (Å²) >= 11 is 12.5. The van der Waals surface area contributed by atoms with Gasteiger partial charge in [0.2, 0.25) is 11.8 Å². The van der Waals surface area contributed by atoms with Crippen LogP contribution in [0.3, 0.4) is 0 Å². The highest BCUT2D eigenvalue weighted by atomic mass is 35.5. The van der Waals surface area contributed by atoms with Gasteiger partial charge < -0.3 is 15.4 Å². The molecule has 1 aliphatic heterocycles. The first-order chi connectivity index (χ1) is 12.9. The molecule has 1 saturated heterocycles. The van der Waals surface area contributed by atoms with Crippen LogP contribution >= 0.6 is 23.2 Å². The molecule has 27 heavy (non-hydrogen) atoms. The maximum absolute atomic E-state index is 12.3. The van der Waals surface area contributed by atoms with Crippen molar-refractivity contribution in [1.82, 2.24) is 10.6 Å². The monoisotopic (exact) mass is 412 g/mol. The molecule has 0 spiro atoms. The van der Waals surface area contributed by atoms with E-state index in [0.717, 1.165) is 24.8 Å². The van der Waals surface area contributed by atoms with E-state index in [-0.39, 0.29) is 29.6 Å². The van der Waals surface area contributed by atoms with Crippen LogP contribution in [-0.4, -0.2) is 38.1 Å². The topological polar surface area (TPSA) is 67.4 Å². The first-order valence-electron chi connectivity index (χ1n) is 9.49. The summed E-state index contributed by atoms with van der Waals surface area (Å²) in [6.07, 6.45) is 2.79. The molecule has 1 aliphatic carbocycles. The molecule has 1 heterocycles. The highest BCUT2D eigenvalue weighted by Crippen LogP contribution is 2.39. The van der Waals surface area contributed by atoms with Crippen LogP contribution in [0.15, 0.2) is 18.2 Å². The van der Waals surface area contributed by atoms with Gasteiger partial charge in [-0.2, -0.15) is 0 Å². The summed E-state index contributed by atoms with van der Waals surface area (Å²) in [6.45, 7) is 4.18. The summed E-state index contributed by atoms with van der Waals surface area (Å²) in [5.74, 6) is 0.584. The summed E-state index contributed by atoms with van der Waals surface area (Å²) in [4.78, 5) is 24.1. The van der Waals surface area contributed by atoms with Crippen molar-refractivity contribution < 1.29 is 14.3 Å². The smallest absolute Gasteiger partial charge is 0.223 e. The van der Waals surface area contributed by atoms with Gasteiger partial charge in [-0.05, 0) is 42.9 Å². The molecule has 0 unspecified atom stereocenters. The van der Waals surface area contributed by atoms with Gasteiger partial charge in [0, 0.05) is 54.1 Å². The highest BCUT2D eigenvalue weighted by Gasteiger charge is 2.39. The van der Waals surface area contributed by atoms with Gasteiger partial charge >= 0.3 is 0 Å². The molecule has 3 rings (SSSR count). The maximum Gasteiger partial charge on any atom is 0.223 e. The van der Waals surface area contributed by atoms with Gasteiger partial charge in [-0.25, -0.2) is 0 Å². The van der Waals surface area contributed by atoms with Crippen molar-refractivity contribution in [3.63, 3.8) is 0 Å². The van der Waals surface area contributed by atoms with Crippen molar-refractivity contribution >= 4 is 35.0 Å². The van der Waals surface area contributed by atoms with E-state index in [4.69, 9.17) is 27.9 Å². The molecular formula is C20H26Cl2N2O3. The Morgan fingerprint density at radius 3 is 2.56 bits per heavy atom. The third kappa shape index (κ3) is 5.15. The molecule has 0 radical (unpaired) electrons. The summed E-state index contributed by atoms with van der Waals surface area (Å²) in [5, 5.41) is 7.08. The van der Waals surface area contributed by atoms with E-state index < -0.39 is 0 Å². The van der Waals surface area contributed by atoms with Crippen molar-refractivity contribution in [2.24, 2.45) is 11.8 Å². The Balaban J connectivity index is 1.55. The molecule has 1 aromatic carbocycles. The van der Waals surface area contributed by atoms with Crippen LogP contribution < -0.4 is 10.6 Å². The summed E-state index contributed by atoms with van der Waals surface area (Å²) in [6, 6.07) is 5.52. The number of amides is 2. The van der Waals surface area contributed by atoms with Crippen LogP contribution in [0.1, 0.15) is 38.2 Å². The van der Waals surface area contributed by atoms with Gasteiger partial charge in [-0.3, -0.25) is 9.59 Å². The van der Waals surface area contributed by atoms with Gasteiger partial charge in [0.25, 0.3) is 0 Å². The maximum atomic E-state index is 12.3. The van der Waals surface area contributed by atoms with Crippen molar-refractivity contribution in [3.8, 4) is 0 Å². The highest BCUT2D eigenvalue weighted by molar-refractivity contribution is 6.35. The van der Waals surface area contributed by atoms with E-state index in [2.05, 4.69) is 17.6 Å². The molecule has 2 fully saturated rings. The number of halogens is 2. The fraction of sp³-hybridized carbons (Fsp3) is 0.600. The van der Waals surface area contributed by atoms with Gasteiger partial charge in [-0.15, -0.1) is 0 Å². The Bertz CT molecular complexity index is 704. The Hall–Kier alpha value is -1.30. The van der Waals surface area contributed by atoms with Gasteiger partial charge in [0.05, 0.1) is 0 Å². The zero-order valence-corrected chi connectivity index (χ0v) is 17.0. The van der Waals surface area contributed by atoms with E-state index in [1.807, 2.05) is 12.1 Å². The molecule has 7 heteroatoms. The first kappa shape index (κ1) is 20.4. The van der Waals surface area contributed by atoms with Crippen LogP contribution in [0.25, 0.3) is 0 Å². The number of benzene rings is 1. The van der Waals surface area contributed by atoms with E-state index in [1.54, 1.807) is 6.07 Å². The molecule has 1 saturated carbocycles. The normalized spacial score (nSPS) is 23.5. The Morgan fingerprint density at radius 1 is 1.22 bits per heavy atom. The third-order valence-corrected chi connectivity index (χ3v) is 6.22. The van der Waals surface area contributed by atoms with E-state index in [1.165, 1.54) is 0 Å². The van der Waals surface area contributed by atoms with Crippen LogP contribution in [0, 0.1) is 11.8 Å². The number of carbonyl (C=O) groups is 2. The second-order valence-electron chi connectivity index (χ2n) is 7.65. The van der Waals surface area contributed by atoms with Crippen molar-refractivity contribution in [2.75, 3.05) is 26.3 Å². The number of ether oxygens (including phenoxy) is 1. The van der Waals surface area contributed by atoms with Crippen molar-refractivity contribution in [2.45, 2.75) is 38.0 Å². The largest absolute Gasteiger partial charge is 0.381 e. The summed E-state index contributed by atoms with van der Waals surface area (Å²) in [5.41, 5.74) is 0.732. The lowest BCUT2D eigenvalue weighted by Gasteiger charge is -2.38. The molecule has 2 N–H and O–H groups in total. The molecular weight excluding hydrogens is 387 g/mol. The Morgan fingerprint density at radius 2 is 1.93 bits per heavy atom. The van der Waals surface area contributed by atoms with Crippen molar-refractivity contribution in [3.05, 3.63) is 33.8 Å². The summed E-state index contributed by atoms with van der Waals surface area (Å²) < 4.78 is 5.52. The average Bonchev–Trinajstić information content (AvgIpc) is 3.37. The van der Waals surface area contributed by atoms with E-state index >= 15 is 0 Å². The second kappa shape index (κ2) is 8.80. The molecule has 2 amide bonds.